The van der Waals surface area contributed by atoms with E-state index in [1.54, 1.807) is 19.2 Å². The molecule has 2 rings (SSSR count). The average Bonchev–Trinajstić information content (AvgIpc) is 2.96. The second-order valence-corrected chi connectivity index (χ2v) is 5.53. The molecule has 0 aromatic heterocycles. The highest BCUT2D eigenvalue weighted by Crippen LogP contribution is 2.27. The molecule has 0 spiro atoms. The maximum Gasteiger partial charge on any atom is 0.137 e. The predicted octanol–water partition coefficient (Wildman–Crippen LogP) is 3.08. The lowest BCUT2D eigenvalue weighted by atomic mass is 10.2. The van der Waals surface area contributed by atoms with Crippen LogP contribution in [0.1, 0.15) is 25.7 Å². The molecule has 0 aliphatic heterocycles. The molecule has 5 heteroatoms. The van der Waals surface area contributed by atoms with E-state index in [2.05, 4.69) is 5.32 Å². The maximum atomic E-state index is 9.90. The second-order valence-electron chi connectivity index (χ2n) is 5.12. The van der Waals surface area contributed by atoms with Gasteiger partial charge in [0, 0.05) is 12.2 Å². The summed E-state index contributed by atoms with van der Waals surface area (Å²) in [6, 6.07) is 5.45. The Morgan fingerprint density at radius 1 is 1.40 bits per heavy atom. The van der Waals surface area contributed by atoms with Gasteiger partial charge in [-0.25, -0.2) is 0 Å². The molecule has 1 aliphatic carbocycles. The Morgan fingerprint density at radius 2 is 2.15 bits per heavy atom. The van der Waals surface area contributed by atoms with E-state index in [1.807, 2.05) is 6.07 Å². The van der Waals surface area contributed by atoms with Gasteiger partial charge in [-0.3, -0.25) is 0 Å². The third-order valence-electron chi connectivity index (χ3n) is 3.52. The Hall–Kier alpha value is -0.970. The zero-order valence-corrected chi connectivity index (χ0v) is 12.5. The Bertz CT molecular complexity index is 422. The minimum Gasteiger partial charge on any atom is -0.495 e. The standard InChI is InChI=1S/C15H22ClNO3/c1-19-15-7-6-11(8-14(15)16)17-9-12(18)10-20-13-4-2-3-5-13/h6-8,12-13,17-18H,2-5,9-10H2,1H3. The number of hydrogen-bond donors (Lipinski definition) is 2. The first-order valence-corrected chi connectivity index (χ1v) is 7.44. The van der Waals surface area contributed by atoms with Gasteiger partial charge in [0.25, 0.3) is 0 Å². The lowest BCUT2D eigenvalue weighted by molar-refractivity contribution is -0.00117. The molecule has 1 aromatic carbocycles. The topological polar surface area (TPSA) is 50.7 Å². The van der Waals surface area contributed by atoms with Crippen LogP contribution in [0.3, 0.4) is 0 Å². The monoisotopic (exact) mass is 299 g/mol. The van der Waals surface area contributed by atoms with Crippen molar-refractivity contribution < 1.29 is 14.6 Å². The Kier molecular flexibility index (Phi) is 5.95. The normalized spacial score (nSPS) is 17.1. The molecule has 112 valence electrons. The lowest BCUT2D eigenvalue weighted by Crippen LogP contribution is -2.27. The van der Waals surface area contributed by atoms with Crippen LogP contribution in [0, 0.1) is 0 Å². The molecule has 2 N–H and O–H groups in total. The molecule has 0 heterocycles. The van der Waals surface area contributed by atoms with Crippen LogP contribution in [0.4, 0.5) is 5.69 Å². The highest BCUT2D eigenvalue weighted by Gasteiger charge is 2.16. The summed E-state index contributed by atoms with van der Waals surface area (Å²) in [6.45, 7) is 0.816. The van der Waals surface area contributed by atoms with Crippen molar-refractivity contribution in [1.29, 1.82) is 0 Å². The zero-order valence-electron chi connectivity index (χ0n) is 11.8. The van der Waals surface area contributed by atoms with Crippen molar-refractivity contribution in [2.24, 2.45) is 0 Å². The van der Waals surface area contributed by atoms with Crippen molar-refractivity contribution in [3.05, 3.63) is 23.2 Å². The van der Waals surface area contributed by atoms with Crippen molar-refractivity contribution in [2.75, 3.05) is 25.6 Å². The van der Waals surface area contributed by atoms with Crippen LogP contribution in [0.5, 0.6) is 5.75 Å². The molecule has 1 atom stereocenters. The number of methoxy groups -OCH3 is 1. The molecule has 0 bridgehead atoms. The first-order chi connectivity index (χ1) is 9.69. The molecular formula is C15H22ClNO3. The Labute approximate surface area is 125 Å². The van der Waals surface area contributed by atoms with E-state index < -0.39 is 6.10 Å². The number of rotatable bonds is 7. The number of halogens is 1. The van der Waals surface area contributed by atoms with Gasteiger partial charge in [0.2, 0.25) is 0 Å². The van der Waals surface area contributed by atoms with Crippen LogP contribution in [0.15, 0.2) is 18.2 Å². The Balaban J connectivity index is 1.72. The van der Waals surface area contributed by atoms with Gasteiger partial charge < -0.3 is 19.9 Å². The summed E-state index contributed by atoms with van der Waals surface area (Å²) in [5.41, 5.74) is 0.857. The molecule has 0 amide bonds. The van der Waals surface area contributed by atoms with E-state index in [4.69, 9.17) is 21.1 Å². The fraction of sp³-hybridized carbons (Fsp3) is 0.600. The van der Waals surface area contributed by atoms with Gasteiger partial charge in [-0.2, -0.15) is 0 Å². The highest BCUT2D eigenvalue weighted by molar-refractivity contribution is 6.32. The number of aliphatic hydroxyl groups excluding tert-OH is 1. The molecule has 0 saturated heterocycles. The minimum absolute atomic E-state index is 0.333. The molecule has 20 heavy (non-hydrogen) atoms. The van der Waals surface area contributed by atoms with Crippen molar-refractivity contribution in [3.8, 4) is 5.75 Å². The van der Waals surface area contributed by atoms with Crippen LogP contribution in [-0.4, -0.2) is 37.6 Å². The van der Waals surface area contributed by atoms with Crippen molar-refractivity contribution in [2.45, 2.75) is 37.9 Å². The summed E-state index contributed by atoms with van der Waals surface area (Å²) in [4.78, 5) is 0. The number of anilines is 1. The molecule has 1 fully saturated rings. The van der Waals surface area contributed by atoms with Gasteiger partial charge >= 0.3 is 0 Å². The van der Waals surface area contributed by atoms with E-state index >= 15 is 0 Å². The van der Waals surface area contributed by atoms with Crippen molar-refractivity contribution in [1.82, 2.24) is 0 Å². The van der Waals surface area contributed by atoms with Gasteiger partial charge in [-0.1, -0.05) is 24.4 Å². The fourth-order valence-corrected chi connectivity index (χ4v) is 2.63. The molecular weight excluding hydrogens is 278 g/mol. The molecule has 4 nitrogen and oxygen atoms in total. The van der Waals surface area contributed by atoms with Crippen LogP contribution < -0.4 is 10.1 Å². The summed E-state index contributed by atoms with van der Waals surface area (Å²) in [5.74, 6) is 0.641. The first kappa shape index (κ1) is 15.4. The van der Waals surface area contributed by atoms with Crippen molar-refractivity contribution in [3.63, 3.8) is 0 Å². The molecule has 1 aliphatic rings. The van der Waals surface area contributed by atoms with Crippen molar-refractivity contribution >= 4 is 17.3 Å². The summed E-state index contributed by atoms with van der Waals surface area (Å²) < 4.78 is 10.8. The first-order valence-electron chi connectivity index (χ1n) is 7.06. The fourth-order valence-electron chi connectivity index (χ4n) is 2.37. The van der Waals surface area contributed by atoms with Gasteiger partial charge in [-0.05, 0) is 31.0 Å². The van der Waals surface area contributed by atoms with E-state index in [-0.39, 0.29) is 0 Å². The van der Waals surface area contributed by atoms with Gasteiger partial charge in [-0.15, -0.1) is 0 Å². The third kappa shape index (κ3) is 4.54. The quantitative estimate of drug-likeness (QED) is 0.812. The van der Waals surface area contributed by atoms with Gasteiger partial charge in [0.15, 0.2) is 0 Å². The van der Waals surface area contributed by atoms with Crippen LogP contribution in [-0.2, 0) is 4.74 Å². The summed E-state index contributed by atoms with van der Waals surface area (Å²) in [5, 5.41) is 13.6. The summed E-state index contributed by atoms with van der Waals surface area (Å²) >= 11 is 6.04. The molecule has 1 unspecified atom stereocenters. The number of ether oxygens (including phenoxy) is 2. The highest BCUT2D eigenvalue weighted by atomic mass is 35.5. The van der Waals surface area contributed by atoms with Gasteiger partial charge in [0.1, 0.15) is 5.75 Å². The summed E-state index contributed by atoms with van der Waals surface area (Å²) in [7, 11) is 1.58. The lowest BCUT2D eigenvalue weighted by Gasteiger charge is -2.16. The van der Waals surface area contributed by atoms with Crippen LogP contribution in [0.25, 0.3) is 0 Å². The number of benzene rings is 1. The zero-order chi connectivity index (χ0) is 14.4. The van der Waals surface area contributed by atoms with E-state index in [9.17, 15) is 5.11 Å². The number of hydrogen-bond acceptors (Lipinski definition) is 4. The van der Waals surface area contributed by atoms with E-state index in [1.165, 1.54) is 12.8 Å². The predicted molar refractivity (Wildman–Crippen MR) is 80.7 cm³/mol. The largest absolute Gasteiger partial charge is 0.495 e. The Morgan fingerprint density at radius 3 is 2.80 bits per heavy atom. The second kappa shape index (κ2) is 7.72. The van der Waals surface area contributed by atoms with Gasteiger partial charge in [0.05, 0.1) is 30.9 Å². The SMILES string of the molecule is COc1ccc(NCC(O)COC2CCCC2)cc1Cl. The van der Waals surface area contributed by atoms with Crippen LogP contribution in [0.2, 0.25) is 5.02 Å². The molecule has 0 radical (unpaired) electrons. The van der Waals surface area contributed by atoms with E-state index in [0.717, 1.165) is 18.5 Å². The molecule has 1 aromatic rings. The minimum atomic E-state index is -0.517. The maximum absolute atomic E-state index is 9.90. The number of nitrogens with one attached hydrogen (secondary N) is 1. The smallest absolute Gasteiger partial charge is 0.137 e. The van der Waals surface area contributed by atoms with Crippen LogP contribution >= 0.6 is 11.6 Å². The average molecular weight is 300 g/mol. The number of aliphatic hydroxyl groups is 1. The summed E-state index contributed by atoms with van der Waals surface area (Å²) in [6.07, 6.45) is 4.53. The molecule has 1 saturated carbocycles. The third-order valence-corrected chi connectivity index (χ3v) is 3.82. The van der Waals surface area contributed by atoms with E-state index in [0.29, 0.717) is 30.0 Å².